The van der Waals surface area contributed by atoms with Gasteiger partial charge in [-0.2, -0.15) is 0 Å². The Morgan fingerprint density at radius 2 is 1.63 bits per heavy atom. The summed E-state index contributed by atoms with van der Waals surface area (Å²) in [5.41, 5.74) is 0.319. The normalized spacial score (nSPS) is 31.0. The molecule has 4 fully saturated rings. The Bertz CT molecular complexity index is 1280. The van der Waals surface area contributed by atoms with Gasteiger partial charge in [-0.25, -0.2) is 13.6 Å². The van der Waals surface area contributed by atoms with Crippen LogP contribution in [0, 0.1) is 5.92 Å². The van der Waals surface area contributed by atoms with Gasteiger partial charge in [0.25, 0.3) is 5.92 Å². The minimum Gasteiger partial charge on any atom is -0.444 e. The van der Waals surface area contributed by atoms with E-state index in [2.05, 4.69) is 0 Å². The highest BCUT2D eigenvalue weighted by Crippen LogP contribution is 2.51. The topological polar surface area (TPSA) is 71.6 Å². The molecule has 0 N–H and O–H groups in total. The summed E-state index contributed by atoms with van der Waals surface area (Å²) in [6.07, 6.45) is 1.95. The molecule has 236 valence electrons. The van der Waals surface area contributed by atoms with E-state index in [9.17, 15) is 18.4 Å². The maximum atomic E-state index is 14.5. The summed E-state index contributed by atoms with van der Waals surface area (Å²) in [7, 11) is -0.569. The number of amides is 2. The number of nitrogens with zero attached hydrogens (tertiary/aromatic N) is 3. The van der Waals surface area contributed by atoms with E-state index in [1.54, 1.807) is 11.8 Å². The molecule has 4 aliphatic heterocycles. The summed E-state index contributed by atoms with van der Waals surface area (Å²) >= 11 is 0. The molecule has 1 unspecified atom stereocenters. The van der Waals surface area contributed by atoms with Crippen LogP contribution in [-0.4, -0.2) is 89.9 Å². The van der Waals surface area contributed by atoms with Crippen LogP contribution in [0.1, 0.15) is 86.6 Å². The zero-order valence-electron chi connectivity index (χ0n) is 26.8. The van der Waals surface area contributed by atoms with Crippen LogP contribution < -0.4 is 10.4 Å². The number of anilines is 1. The zero-order chi connectivity index (χ0) is 31.3. The van der Waals surface area contributed by atoms with Crippen molar-refractivity contribution in [1.82, 2.24) is 9.80 Å². The Labute approximate surface area is 254 Å². The van der Waals surface area contributed by atoms with Gasteiger partial charge in [-0.1, -0.05) is 19.1 Å². The minimum absolute atomic E-state index is 0.0360. The van der Waals surface area contributed by atoms with E-state index in [1.165, 1.54) is 0 Å². The van der Waals surface area contributed by atoms with Gasteiger partial charge in [-0.15, -0.1) is 0 Å². The fraction of sp³-hybridized carbons (Fsp3) is 0.750. The molecule has 2 amide bonds. The van der Waals surface area contributed by atoms with Crippen LogP contribution in [0.4, 0.5) is 19.3 Å². The number of fused-ring (bicyclic) bond motifs is 2. The maximum Gasteiger partial charge on any atom is 0.494 e. The van der Waals surface area contributed by atoms with Crippen LogP contribution in [-0.2, 0) is 24.3 Å². The first kappa shape index (κ1) is 30.8. The Morgan fingerprint density at radius 1 is 1.02 bits per heavy atom. The number of ether oxygens (including phenoxy) is 1. The predicted octanol–water partition coefficient (Wildman–Crippen LogP) is 4.72. The summed E-state index contributed by atoms with van der Waals surface area (Å²) in [5, 5.41) is 0. The second-order valence-electron chi connectivity index (χ2n) is 15.5. The highest BCUT2D eigenvalue weighted by atomic mass is 19.3. The van der Waals surface area contributed by atoms with Crippen LogP contribution >= 0.6 is 0 Å². The smallest absolute Gasteiger partial charge is 0.444 e. The van der Waals surface area contributed by atoms with E-state index >= 15 is 0 Å². The largest absolute Gasteiger partial charge is 0.494 e. The summed E-state index contributed by atoms with van der Waals surface area (Å²) < 4.78 is 46.9. The zero-order valence-corrected chi connectivity index (χ0v) is 26.8. The van der Waals surface area contributed by atoms with E-state index in [0.29, 0.717) is 45.3 Å². The van der Waals surface area contributed by atoms with Gasteiger partial charge in [0.15, 0.2) is 0 Å². The molecule has 1 spiro atoms. The molecule has 4 heterocycles. The minimum atomic E-state index is -2.68. The van der Waals surface area contributed by atoms with Crippen LogP contribution in [0.3, 0.4) is 0 Å². The Morgan fingerprint density at radius 3 is 2.16 bits per heavy atom. The number of alkyl halides is 2. The van der Waals surface area contributed by atoms with Crippen molar-refractivity contribution in [2.75, 3.05) is 31.1 Å². The van der Waals surface area contributed by atoms with Gasteiger partial charge in [0.1, 0.15) is 5.60 Å². The average Bonchev–Trinajstić information content (AvgIpc) is 3.35. The molecule has 1 aromatic carbocycles. The predicted molar refractivity (Wildman–Crippen MR) is 161 cm³/mol. The number of hydrogen-bond acceptors (Lipinski definition) is 6. The van der Waals surface area contributed by atoms with Crippen molar-refractivity contribution in [2.24, 2.45) is 5.92 Å². The summed E-state index contributed by atoms with van der Waals surface area (Å²) in [6.45, 7) is 16.2. The third kappa shape index (κ3) is 5.07. The van der Waals surface area contributed by atoms with Crippen molar-refractivity contribution in [3.8, 4) is 0 Å². The SMILES string of the molecule is CC1CN(C2CC(N3C(=O)C4(CCN(C(=O)OC(C)(C)C)CC4)c4ccc(B5OC(C)(C)C(C)(C)O5)cc43)C2)CC1(F)F. The number of rotatable bonds is 3. The van der Waals surface area contributed by atoms with Crippen molar-refractivity contribution >= 4 is 30.3 Å². The molecule has 0 radical (unpaired) electrons. The Kier molecular flexibility index (Phi) is 7.07. The van der Waals surface area contributed by atoms with Crippen molar-refractivity contribution in [3.05, 3.63) is 23.8 Å². The first-order valence-corrected chi connectivity index (χ1v) is 15.8. The lowest BCUT2D eigenvalue weighted by Gasteiger charge is -2.46. The van der Waals surface area contributed by atoms with Gasteiger partial charge >= 0.3 is 13.2 Å². The third-order valence-electron chi connectivity index (χ3n) is 10.8. The van der Waals surface area contributed by atoms with Crippen LogP contribution in [0.25, 0.3) is 0 Å². The number of likely N-dealkylation sites (tertiary alicyclic amines) is 2. The van der Waals surface area contributed by atoms with E-state index < -0.39 is 41.2 Å². The molecule has 3 saturated heterocycles. The maximum absolute atomic E-state index is 14.5. The highest BCUT2D eigenvalue weighted by molar-refractivity contribution is 6.62. The molecule has 5 aliphatic rings. The molecule has 43 heavy (non-hydrogen) atoms. The van der Waals surface area contributed by atoms with Crippen LogP contribution in [0.15, 0.2) is 18.2 Å². The average molecular weight is 602 g/mol. The first-order chi connectivity index (χ1) is 19.8. The van der Waals surface area contributed by atoms with Gasteiger partial charge in [-0.3, -0.25) is 9.69 Å². The molecule has 1 saturated carbocycles. The molecule has 1 aliphatic carbocycles. The monoisotopic (exact) mass is 601 g/mol. The van der Waals surface area contributed by atoms with Gasteiger partial charge in [0.05, 0.1) is 23.2 Å². The molecule has 0 aromatic heterocycles. The van der Waals surface area contributed by atoms with E-state index in [-0.39, 0.29) is 30.6 Å². The third-order valence-corrected chi connectivity index (χ3v) is 10.8. The second-order valence-corrected chi connectivity index (χ2v) is 15.5. The van der Waals surface area contributed by atoms with Gasteiger partial charge in [0, 0.05) is 43.3 Å². The van der Waals surface area contributed by atoms with Gasteiger partial charge in [0.2, 0.25) is 5.91 Å². The van der Waals surface area contributed by atoms with Crippen LogP contribution in [0.5, 0.6) is 0 Å². The molecular weight excluding hydrogens is 555 g/mol. The van der Waals surface area contributed by atoms with E-state index in [4.69, 9.17) is 14.0 Å². The van der Waals surface area contributed by atoms with Crippen molar-refractivity contribution < 1.29 is 32.4 Å². The number of halogens is 2. The number of hydrogen-bond donors (Lipinski definition) is 0. The summed E-state index contributed by atoms with van der Waals surface area (Å²) in [6, 6.07) is 6.03. The van der Waals surface area contributed by atoms with Gasteiger partial charge in [-0.05, 0) is 91.2 Å². The summed E-state index contributed by atoms with van der Waals surface area (Å²) in [4.78, 5) is 32.8. The molecule has 11 heteroatoms. The molecular formula is C32H46BF2N3O5. The highest BCUT2D eigenvalue weighted by Gasteiger charge is 2.58. The molecule has 8 nitrogen and oxygen atoms in total. The Balaban J connectivity index is 1.27. The van der Waals surface area contributed by atoms with E-state index in [0.717, 1.165) is 16.7 Å². The van der Waals surface area contributed by atoms with E-state index in [1.807, 2.05) is 76.5 Å². The fourth-order valence-corrected chi connectivity index (χ4v) is 7.30. The quantitative estimate of drug-likeness (QED) is 0.468. The van der Waals surface area contributed by atoms with Crippen molar-refractivity contribution in [3.63, 3.8) is 0 Å². The Hall–Kier alpha value is -2.24. The number of carbonyl (C=O) groups is 2. The fourth-order valence-electron chi connectivity index (χ4n) is 7.30. The molecule has 1 aromatic rings. The molecule has 1 atom stereocenters. The van der Waals surface area contributed by atoms with Crippen molar-refractivity contribution in [2.45, 2.75) is 121 Å². The lowest BCUT2D eigenvalue weighted by molar-refractivity contribution is -0.126. The van der Waals surface area contributed by atoms with Crippen molar-refractivity contribution in [1.29, 1.82) is 0 Å². The standard InChI is InChI=1S/C32H46BF2N3O5/c1-20-18-37(19-32(20,34)35)22-16-23(17-22)38-25-15-21(33-42-29(5,6)30(7,8)43-33)9-10-24(25)31(26(38)39)11-13-36(14-12-31)27(40)41-28(2,3)4/h9-10,15,20,22-23H,11-14,16-19H2,1-8H3. The van der Waals surface area contributed by atoms with Gasteiger partial charge < -0.3 is 23.8 Å². The molecule has 6 rings (SSSR count). The summed E-state index contributed by atoms with van der Waals surface area (Å²) in [5.74, 6) is -3.30. The number of carbonyl (C=O) groups excluding carboxylic acids is 2. The lowest BCUT2D eigenvalue weighted by atomic mass is 9.71. The molecule has 0 bridgehead atoms. The number of benzene rings is 1. The second kappa shape index (κ2) is 9.88. The first-order valence-electron chi connectivity index (χ1n) is 15.8. The van der Waals surface area contributed by atoms with Crippen LogP contribution in [0.2, 0.25) is 0 Å². The number of piperidine rings is 1. The lowest BCUT2D eigenvalue weighted by Crippen LogP contribution is -2.58.